The summed E-state index contributed by atoms with van der Waals surface area (Å²) in [5.41, 5.74) is 0.875. The number of fused-ring (bicyclic) bond motifs is 1. The molecule has 1 atom stereocenters. The molecule has 5 rings (SSSR count). The Morgan fingerprint density at radius 3 is 2.40 bits per heavy atom. The van der Waals surface area contributed by atoms with Crippen molar-refractivity contribution in [2.75, 3.05) is 22.6 Å². The number of nitrogens with one attached hydrogen (secondary N) is 2. The topological polar surface area (TPSA) is 134 Å². The highest BCUT2D eigenvalue weighted by Crippen LogP contribution is 2.32. The molecule has 3 heterocycles. The summed E-state index contributed by atoms with van der Waals surface area (Å²) in [6, 6.07) is 10.4. The van der Waals surface area contributed by atoms with Gasteiger partial charge in [0, 0.05) is 17.8 Å². The maximum absolute atomic E-state index is 15.2. The summed E-state index contributed by atoms with van der Waals surface area (Å²) in [7, 11) is 1.21. The summed E-state index contributed by atoms with van der Waals surface area (Å²) in [6.45, 7) is 3.41. The van der Waals surface area contributed by atoms with Gasteiger partial charge in [-0.15, -0.1) is 4.90 Å². The lowest BCUT2D eigenvalue weighted by Crippen LogP contribution is -2.55. The van der Waals surface area contributed by atoms with Crippen LogP contribution in [0.4, 0.5) is 35.4 Å². The van der Waals surface area contributed by atoms with Gasteiger partial charge in [0.05, 0.1) is 37.4 Å². The van der Waals surface area contributed by atoms with Gasteiger partial charge in [-0.1, -0.05) is 0 Å². The Balaban J connectivity index is 1.38. The highest BCUT2D eigenvalue weighted by Gasteiger charge is 2.48. The molecule has 2 aromatic heterocycles. The van der Waals surface area contributed by atoms with Crippen LogP contribution >= 0.6 is 0 Å². The third kappa shape index (κ3) is 5.88. The van der Waals surface area contributed by atoms with E-state index in [-0.39, 0.29) is 28.6 Å². The number of rotatable bonds is 7. The van der Waals surface area contributed by atoms with Crippen molar-refractivity contribution in [1.29, 1.82) is 0 Å². The Hall–Kier alpha value is -5.66. The van der Waals surface area contributed by atoms with Crippen LogP contribution in [0.5, 0.6) is 11.5 Å². The summed E-state index contributed by atoms with van der Waals surface area (Å²) >= 11 is 0. The van der Waals surface area contributed by atoms with Gasteiger partial charge in [-0.3, -0.25) is 10.1 Å². The number of benzene rings is 2. The Bertz CT molecular complexity index is 1790. The van der Waals surface area contributed by atoms with Gasteiger partial charge >= 0.3 is 18.0 Å². The van der Waals surface area contributed by atoms with Crippen LogP contribution in [0.15, 0.2) is 67.0 Å². The lowest BCUT2D eigenvalue weighted by Gasteiger charge is -2.24. The molecule has 2 N–H and O–H groups in total. The Labute approximate surface area is 243 Å². The van der Waals surface area contributed by atoms with Gasteiger partial charge in [0.15, 0.2) is 23.2 Å². The van der Waals surface area contributed by atoms with Gasteiger partial charge in [-0.25, -0.2) is 22.9 Å². The largest absolute Gasteiger partial charge is 0.505 e. The molecule has 220 valence electrons. The molecule has 14 heteroatoms. The SMILES string of the molecule is COC(=O)Nc1cc(Oc2ccc(NC(=O)C3C=[N+](C(C)C)C(=O)N(c4ccc(F)cc4)C3=O)cc2F)c2ccnn2c1. The number of urea groups is 1. The van der Waals surface area contributed by atoms with E-state index in [9.17, 15) is 23.6 Å². The fraction of sp³-hybridized carbons (Fsp3) is 0.172. The number of methoxy groups -OCH3 is 1. The molecule has 12 nitrogen and oxygen atoms in total. The second-order valence-electron chi connectivity index (χ2n) is 9.67. The van der Waals surface area contributed by atoms with Crippen molar-refractivity contribution < 1.29 is 42.0 Å². The monoisotopic (exact) mass is 591 g/mol. The maximum atomic E-state index is 15.2. The van der Waals surface area contributed by atoms with Crippen LogP contribution in [0, 0.1) is 17.6 Å². The third-order valence-corrected chi connectivity index (χ3v) is 6.45. The van der Waals surface area contributed by atoms with Crippen LogP contribution in [-0.4, -0.2) is 57.5 Å². The van der Waals surface area contributed by atoms with Crippen LogP contribution in [0.2, 0.25) is 0 Å². The van der Waals surface area contributed by atoms with Gasteiger partial charge in [-0.05, 0) is 56.3 Å². The standard InChI is InChI=1S/C29H24F2N6O6/c1-16(2)35-15-21(27(39)37(29(35)41)20-7-4-17(30)5-8-20)26(38)33-18-6-9-24(22(31)12-18)43-25-13-19(34-28(40)42-3)14-36-23(25)10-11-32-36/h4-16,21H,1-3H3,(H-,33,34,38,40)/p+1. The number of nitrogens with zero attached hydrogens (tertiary/aromatic N) is 4. The summed E-state index contributed by atoms with van der Waals surface area (Å²) in [5.74, 6) is -4.53. The molecule has 4 aromatic rings. The fourth-order valence-electron chi connectivity index (χ4n) is 4.35. The minimum Gasteiger partial charge on any atom is -0.453 e. The molecule has 1 aliphatic rings. The first-order valence-corrected chi connectivity index (χ1v) is 12.9. The lowest BCUT2D eigenvalue weighted by atomic mass is 10.0. The minimum atomic E-state index is -1.44. The van der Waals surface area contributed by atoms with E-state index in [4.69, 9.17) is 4.74 Å². The molecule has 0 aliphatic carbocycles. The molecular formula is C29H25F2N6O6+. The van der Waals surface area contributed by atoms with Gasteiger partial charge < -0.3 is 14.8 Å². The van der Waals surface area contributed by atoms with Gasteiger partial charge in [0.2, 0.25) is 5.91 Å². The molecule has 0 saturated carbocycles. The van der Waals surface area contributed by atoms with E-state index in [1.807, 2.05) is 0 Å². The van der Waals surface area contributed by atoms with E-state index in [1.54, 1.807) is 19.9 Å². The molecule has 0 radical (unpaired) electrons. The summed E-state index contributed by atoms with van der Waals surface area (Å²) < 4.78 is 41.7. The van der Waals surface area contributed by atoms with Gasteiger partial charge in [-0.2, -0.15) is 14.5 Å². The van der Waals surface area contributed by atoms with Crippen molar-refractivity contribution in [3.8, 4) is 11.5 Å². The quantitative estimate of drug-likeness (QED) is 0.233. The van der Waals surface area contributed by atoms with Crippen molar-refractivity contribution in [1.82, 2.24) is 9.61 Å². The van der Waals surface area contributed by atoms with Crippen LogP contribution in [0.25, 0.3) is 5.52 Å². The second-order valence-corrected chi connectivity index (χ2v) is 9.67. The number of hydrogen-bond acceptors (Lipinski definition) is 7. The first-order chi connectivity index (χ1) is 20.5. The number of aromatic nitrogens is 2. The van der Waals surface area contributed by atoms with E-state index in [0.29, 0.717) is 5.52 Å². The Morgan fingerprint density at radius 2 is 1.72 bits per heavy atom. The number of carbonyl (C=O) groups excluding carboxylic acids is 4. The predicted octanol–water partition coefficient (Wildman–Crippen LogP) is 4.80. The first kappa shape index (κ1) is 28.9. The molecule has 5 amide bonds. The molecule has 1 aliphatic heterocycles. The molecule has 1 unspecified atom stereocenters. The Morgan fingerprint density at radius 1 is 0.977 bits per heavy atom. The maximum Gasteiger partial charge on any atom is 0.505 e. The van der Waals surface area contributed by atoms with Crippen molar-refractivity contribution in [2.45, 2.75) is 19.9 Å². The number of halogens is 2. The van der Waals surface area contributed by atoms with E-state index in [0.717, 1.165) is 23.1 Å². The number of amides is 5. The van der Waals surface area contributed by atoms with E-state index >= 15 is 4.39 Å². The van der Waals surface area contributed by atoms with Crippen LogP contribution < -0.4 is 20.3 Å². The van der Waals surface area contributed by atoms with Gasteiger partial charge in [0.1, 0.15) is 17.0 Å². The van der Waals surface area contributed by atoms with Crippen LogP contribution in [0.3, 0.4) is 0 Å². The average Bonchev–Trinajstić information content (AvgIpc) is 3.44. The number of pyridine rings is 1. The zero-order valence-corrected chi connectivity index (χ0v) is 23.1. The minimum absolute atomic E-state index is 0.0213. The highest BCUT2D eigenvalue weighted by molar-refractivity contribution is 6.28. The van der Waals surface area contributed by atoms with Crippen molar-refractivity contribution in [3.63, 3.8) is 0 Å². The molecule has 2 aromatic carbocycles. The zero-order chi connectivity index (χ0) is 30.8. The molecule has 0 fully saturated rings. The smallest absolute Gasteiger partial charge is 0.453 e. The molecule has 43 heavy (non-hydrogen) atoms. The van der Waals surface area contributed by atoms with E-state index in [2.05, 4.69) is 20.5 Å². The number of imide groups is 1. The summed E-state index contributed by atoms with van der Waals surface area (Å²) in [4.78, 5) is 52.1. The molecule has 0 saturated heterocycles. The fourth-order valence-corrected chi connectivity index (χ4v) is 4.35. The van der Waals surface area contributed by atoms with E-state index < -0.39 is 47.5 Å². The summed E-state index contributed by atoms with van der Waals surface area (Å²) in [5, 5.41) is 9.11. The van der Waals surface area contributed by atoms with E-state index in [1.165, 1.54) is 65.1 Å². The molecular weight excluding hydrogens is 566 g/mol. The molecule has 0 spiro atoms. The average molecular weight is 592 g/mol. The number of hydrogen-bond donors (Lipinski definition) is 2. The Kier molecular flexibility index (Phi) is 7.84. The van der Waals surface area contributed by atoms with Crippen molar-refractivity contribution >= 4 is 52.7 Å². The van der Waals surface area contributed by atoms with Gasteiger partial charge in [0.25, 0.3) is 0 Å². The second kappa shape index (κ2) is 11.7. The van der Waals surface area contributed by atoms with Crippen LogP contribution in [0.1, 0.15) is 13.8 Å². The number of ether oxygens (including phenoxy) is 2. The number of anilines is 3. The van der Waals surface area contributed by atoms with Crippen LogP contribution in [-0.2, 0) is 14.3 Å². The number of carbonyl (C=O) groups is 4. The predicted molar refractivity (Wildman–Crippen MR) is 151 cm³/mol. The highest BCUT2D eigenvalue weighted by atomic mass is 19.1. The lowest BCUT2D eigenvalue weighted by molar-refractivity contribution is -0.459. The normalized spacial score (nSPS) is 15.0. The zero-order valence-electron chi connectivity index (χ0n) is 23.1. The van der Waals surface area contributed by atoms with Crippen molar-refractivity contribution in [3.05, 3.63) is 78.6 Å². The first-order valence-electron chi connectivity index (χ1n) is 12.9. The van der Waals surface area contributed by atoms with Crippen molar-refractivity contribution in [2.24, 2.45) is 5.92 Å². The molecule has 0 bridgehead atoms. The summed E-state index contributed by atoms with van der Waals surface area (Å²) in [6.07, 6.45) is 3.50. The third-order valence-electron chi connectivity index (χ3n) is 6.45.